The number of carbonyl (C=O) groups is 1. The molecule has 3 rings (SSSR count). The minimum atomic E-state index is -0.966. The summed E-state index contributed by atoms with van der Waals surface area (Å²) in [5, 5.41) is 20.0. The first kappa shape index (κ1) is 21.8. The number of rotatable bonds is 10. The molecule has 0 bridgehead atoms. The number of para-hydroxylation sites is 1. The molecule has 1 unspecified atom stereocenters. The number of carboxylic acids is 1. The number of aliphatic imine (C=N–C) groups is 1. The van der Waals surface area contributed by atoms with E-state index in [1.807, 2.05) is 60.4 Å². The number of aliphatic hydroxyl groups is 1. The summed E-state index contributed by atoms with van der Waals surface area (Å²) in [7, 11) is 0. The molecule has 0 amide bonds. The molecule has 1 aliphatic rings. The van der Waals surface area contributed by atoms with E-state index in [0.29, 0.717) is 38.3 Å². The minimum Gasteiger partial charge on any atom is -0.492 e. The summed E-state index contributed by atoms with van der Waals surface area (Å²) in [4.78, 5) is 17.7. The molecule has 30 heavy (non-hydrogen) atoms. The van der Waals surface area contributed by atoms with Crippen LogP contribution in [0.2, 0.25) is 0 Å². The lowest BCUT2D eigenvalue weighted by Gasteiger charge is -2.34. The van der Waals surface area contributed by atoms with Crippen molar-refractivity contribution in [2.75, 3.05) is 19.8 Å². The highest BCUT2D eigenvalue weighted by Crippen LogP contribution is 2.33. The first-order valence-electron chi connectivity index (χ1n) is 10.2. The molecule has 2 N–H and O–H groups in total. The monoisotopic (exact) mass is 412 g/mol. The normalized spacial score (nSPS) is 16.6. The van der Waals surface area contributed by atoms with Gasteiger partial charge in [-0.1, -0.05) is 37.3 Å². The van der Waals surface area contributed by atoms with E-state index in [-0.39, 0.29) is 0 Å². The fraction of sp³-hybridized carbons (Fsp3) is 0.391. The number of hydrogen-bond acceptors (Lipinski definition) is 6. The number of aliphatic hydroxyl groups excluding tert-OH is 1. The average molecular weight is 412 g/mol. The molecule has 0 aliphatic carbocycles. The summed E-state index contributed by atoms with van der Waals surface area (Å²) in [6.07, 6.45) is -0.577. The van der Waals surface area contributed by atoms with E-state index in [1.165, 1.54) is 0 Å². The third kappa shape index (κ3) is 5.17. The molecule has 7 nitrogen and oxygen atoms in total. The number of aliphatic carboxylic acids is 1. The molecule has 1 aliphatic heterocycles. The zero-order chi connectivity index (χ0) is 21.5. The summed E-state index contributed by atoms with van der Waals surface area (Å²) >= 11 is 0. The number of nitrogens with zero attached hydrogens (tertiary/aromatic N) is 2. The number of ether oxygens (including phenoxy) is 2. The molecule has 2 aromatic rings. The van der Waals surface area contributed by atoms with Crippen LogP contribution in [-0.4, -0.2) is 52.8 Å². The third-order valence-corrected chi connectivity index (χ3v) is 5.00. The maximum absolute atomic E-state index is 11.2. The lowest BCUT2D eigenvalue weighted by Crippen LogP contribution is -2.39. The highest BCUT2D eigenvalue weighted by Gasteiger charge is 2.27. The molecule has 0 saturated heterocycles. The number of hydrogen-bond donors (Lipinski definition) is 2. The van der Waals surface area contributed by atoms with Crippen molar-refractivity contribution in [1.82, 2.24) is 4.90 Å². The Morgan fingerprint density at radius 2 is 1.90 bits per heavy atom. The molecule has 2 atom stereocenters. The summed E-state index contributed by atoms with van der Waals surface area (Å²) in [6, 6.07) is 14.9. The van der Waals surface area contributed by atoms with Gasteiger partial charge in [-0.3, -0.25) is 0 Å². The highest BCUT2D eigenvalue weighted by molar-refractivity contribution is 5.87. The molecule has 2 aromatic carbocycles. The van der Waals surface area contributed by atoms with Crippen LogP contribution in [0.4, 0.5) is 5.69 Å². The maximum Gasteiger partial charge on any atom is 0.333 e. The quantitative estimate of drug-likeness (QED) is 0.620. The Kier molecular flexibility index (Phi) is 7.43. The van der Waals surface area contributed by atoms with Crippen LogP contribution in [0.3, 0.4) is 0 Å². The van der Waals surface area contributed by atoms with Crippen molar-refractivity contribution in [2.24, 2.45) is 4.99 Å². The number of carboxylic acid groups (broad SMARTS) is 1. The van der Waals surface area contributed by atoms with E-state index in [2.05, 4.69) is 4.99 Å². The van der Waals surface area contributed by atoms with Gasteiger partial charge >= 0.3 is 5.97 Å². The second-order valence-electron chi connectivity index (χ2n) is 6.99. The lowest BCUT2D eigenvalue weighted by atomic mass is 10.1. The van der Waals surface area contributed by atoms with Gasteiger partial charge in [0.25, 0.3) is 0 Å². The number of amidine groups is 1. The zero-order valence-electron chi connectivity index (χ0n) is 17.3. The molecule has 0 saturated carbocycles. The zero-order valence-corrected chi connectivity index (χ0v) is 17.3. The Labute approximate surface area is 176 Å². The molecular weight excluding hydrogens is 384 g/mol. The number of benzene rings is 2. The van der Waals surface area contributed by atoms with Crippen LogP contribution in [0.5, 0.6) is 5.75 Å². The van der Waals surface area contributed by atoms with Crippen LogP contribution in [0, 0.1) is 0 Å². The van der Waals surface area contributed by atoms with Crippen molar-refractivity contribution in [3.8, 4) is 5.75 Å². The predicted octanol–water partition coefficient (Wildman–Crippen LogP) is 3.54. The van der Waals surface area contributed by atoms with Gasteiger partial charge in [-0.15, -0.1) is 0 Å². The van der Waals surface area contributed by atoms with Gasteiger partial charge in [0, 0.05) is 25.0 Å². The van der Waals surface area contributed by atoms with Gasteiger partial charge in [-0.2, -0.15) is 0 Å². The first-order valence-corrected chi connectivity index (χ1v) is 10.2. The van der Waals surface area contributed by atoms with E-state index in [1.54, 1.807) is 6.92 Å². The van der Waals surface area contributed by atoms with Gasteiger partial charge in [0.05, 0.1) is 12.2 Å². The average Bonchev–Trinajstić information content (AvgIpc) is 2.75. The van der Waals surface area contributed by atoms with Crippen LogP contribution in [0.15, 0.2) is 53.5 Å². The van der Waals surface area contributed by atoms with Crippen LogP contribution >= 0.6 is 0 Å². The van der Waals surface area contributed by atoms with Crippen molar-refractivity contribution in [3.63, 3.8) is 0 Å². The fourth-order valence-corrected chi connectivity index (χ4v) is 3.47. The lowest BCUT2D eigenvalue weighted by molar-refractivity contribution is -0.149. The van der Waals surface area contributed by atoms with E-state index in [4.69, 9.17) is 9.47 Å². The Morgan fingerprint density at radius 3 is 2.57 bits per heavy atom. The van der Waals surface area contributed by atoms with Gasteiger partial charge in [-0.25, -0.2) is 9.79 Å². The van der Waals surface area contributed by atoms with Crippen LogP contribution < -0.4 is 4.74 Å². The third-order valence-electron chi connectivity index (χ3n) is 5.00. The van der Waals surface area contributed by atoms with Crippen molar-refractivity contribution >= 4 is 17.5 Å². The molecule has 7 heteroatoms. The van der Waals surface area contributed by atoms with Gasteiger partial charge in [0.15, 0.2) is 12.3 Å². The van der Waals surface area contributed by atoms with Gasteiger partial charge in [0.2, 0.25) is 0 Å². The van der Waals surface area contributed by atoms with Gasteiger partial charge in [-0.05, 0) is 30.7 Å². The highest BCUT2D eigenvalue weighted by atomic mass is 16.5. The topological polar surface area (TPSA) is 91.6 Å². The van der Waals surface area contributed by atoms with E-state index < -0.39 is 18.3 Å². The standard InChI is InChI=1S/C23H28N2O5/c1-3-21-24-19-8-6-5-7-18(19)22(26)25(21)13-14-30-17-11-9-16(10-12-17)15-20(23(27)28)29-4-2/h5-12,20,22,26H,3-4,13-15H2,1-2H3,(H,27,28)/t20-,22?/m0/s1. The van der Waals surface area contributed by atoms with E-state index >= 15 is 0 Å². The first-order chi connectivity index (χ1) is 14.5. The predicted molar refractivity (Wildman–Crippen MR) is 114 cm³/mol. The minimum absolute atomic E-state index is 0.305. The van der Waals surface area contributed by atoms with E-state index in [0.717, 1.165) is 22.6 Å². The van der Waals surface area contributed by atoms with Crippen LogP contribution in [0.1, 0.15) is 37.6 Å². The van der Waals surface area contributed by atoms with Crippen molar-refractivity contribution in [3.05, 3.63) is 59.7 Å². The summed E-state index contributed by atoms with van der Waals surface area (Å²) in [6.45, 7) is 5.02. The van der Waals surface area contributed by atoms with Gasteiger partial charge < -0.3 is 24.6 Å². The number of fused-ring (bicyclic) bond motifs is 1. The molecule has 160 valence electrons. The summed E-state index contributed by atoms with van der Waals surface area (Å²) in [5.74, 6) is 0.548. The maximum atomic E-state index is 11.2. The Morgan fingerprint density at radius 1 is 1.17 bits per heavy atom. The fourth-order valence-electron chi connectivity index (χ4n) is 3.47. The second kappa shape index (κ2) is 10.2. The van der Waals surface area contributed by atoms with Gasteiger partial charge in [0.1, 0.15) is 18.2 Å². The summed E-state index contributed by atoms with van der Waals surface area (Å²) < 4.78 is 11.1. The molecular formula is C23H28N2O5. The molecule has 0 spiro atoms. The smallest absolute Gasteiger partial charge is 0.333 e. The van der Waals surface area contributed by atoms with Crippen LogP contribution in [0.25, 0.3) is 0 Å². The van der Waals surface area contributed by atoms with Crippen molar-refractivity contribution in [2.45, 2.75) is 39.0 Å². The van der Waals surface area contributed by atoms with Crippen LogP contribution in [-0.2, 0) is 16.0 Å². The second-order valence-corrected chi connectivity index (χ2v) is 6.99. The van der Waals surface area contributed by atoms with E-state index in [9.17, 15) is 15.0 Å². The molecule has 0 aromatic heterocycles. The largest absolute Gasteiger partial charge is 0.492 e. The molecule has 0 fully saturated rings. The Bertz CT molecular complexity index is 881. The molecule has 1 heterocycles. The van der Waals surface area contributed by atoms with Crippen molar-refractivity contribution < 1.29 is 24.5 Å². The van der Waals surface area contributed by atoms with Crippen molar-refractivity contribution in [1.29, 1.82) is 0 Å². The summed E-state index contributed by atoms with van der Waals surface area (Å²) in [5.41, 5.74) is 2.47. The SMILES string of the molecule is CCO[C@@H](Cc1ccc(OCCN2C(CC)=Nc3ccccc3C2O)cc1)C(=O)O. The molecule has 0 radical (unpaired) electrons. The Hall–Kier alpha value is -2.90. The Balaban J connectivity index is 1.57.